The molecule has 4 aliphatic carbocycles. The molecule has 7 atom stereocenters. The van der Waals surface area contributed by atoms with Crippen LogP contribution in [0.15, 0.2) is 11.1 Å². The van der Waals surface area contributed by atoms with E-state index in [0.29, 0.717) is 46.6 Å². The Bertz CT molecular complexity index is 986. The molecule has 39 heavy (non-hydrogen) atoms. The number of ketones is 1. The molecular weight excluding hydrogens is 496 g/mol. The van der Waals surface area contributed by atoms with Gasteiger partial charge in [0, 0.05) is 6.42 Å². The number of Topliss-reactive ketones (excluding diaryl/α,β-unsaturated/α-hetero) is 1. The number of aliphatic hydroxyl groups is 1. The summed E-state index contributed by atoms with van der Waals surface area (Å²) in [6.07, 6.45) is 11.9. The molecule has 1 N–H and O–H groups in total. The Morgan fingerprint density at radius 2 is 1.62 bits per heavy atom. The van der Waals surface area contributed by atoms with Crippen LogP contribution in [0.5, 0.6) is 0 Å². The van der Waals surface area contributed by atoms with E-state index < -0.39 is 13.9 Å². The van der Waals surface area contributed by atoms with Gasteiger partial charge in [0.1, 0.15) is 5.60 Å². The number of allylic oxidation sites excluding steroid dienone is 2. The summed E-state index contributed by atoms with van der Waals surface area (Å²) in [6.45, 7) is 28.1. The smallest absolute Gasteiger partial charge is 0.189 e. The van der Waals surface area contributed by atoms with Crippen LogP contribution in [0.2, 0.25) is 18.6 Å². The van der Waals surface area contributed by atoms with Crippen molar-refractivity contribution >= 4 is 14.1 Å². The fourth-order valence-corrected chi connectivity index (χ4v) is 11.6. The van der Waals surface area contributed by atoms with E-state index in [1.54, 1.807) is 13.8 Å². The Hall–Kier alpha value is -0.453. The lowest BCUT2D eigenvalue weighted by molar-refractivity contribution is -0.134. The van der Waals surface area contributed by atoms with Gasteiger partial charge in [0.05, 0.1) is 6.10 Å². The zero-order valence-electron chi connectivity index (χ0n) is 27.7. The maximum Gasteiger partial charge on any atom is 0.189 e. The third-order valence-corrected chi connectivity index (χ3v) is 17.5. The van der Waals surface area contributed by atoms with Crippen molar-refractivity contribution in [2.24, 2.45) is 39.4 Å². The van der Waals surface area contributed by atoms with Crippen molar-refractivity contribution in [3.05, 3.63) is 11.1 Å². The maximum absolute atomic E-state index is 12.5. The van der Waals surface area contributed by atoms with Crippen molar-refractivity contribution in [2.45, 2.75) is 164 Å². The Labute approximate surface area is 242 Å². The van der Waals surface area contributed by atoms with Gasteiger partial charge < -0.3 is 9.53 Å². The van der Waals surface area contributed by atoms with Crippen LogP contribution in [0.3, 0.4) is 0 Å². The summed E-state index contributed by atoms with van der Waals surface area (Å²) in [4.78, 5) is 12.5. The first-order chi connectivity index (χ1) is 17.7. The molecule has 0 radical (unpaired) electrons. The van der Waals surface area contributed by atoms with E-state index >= 15 is 0 Å². The van der Waals surface area contributed by atoms with Crippen LogP contribution in [0.25, 0.3) is 0 Å². The topological polar surface area (TPSA) is 46.5 Å². The van der Waals surface area contributed by atoms with Crippen LogP contribution < -0.4 is 0 Å². The van der Waals surface area contributed by atoms with Gasteiger partial charge in [-0.3, -0.25) is 4.79 Å². The van der Waals surface area contributed by atoms with Crippen molar-refractivity contribution < 1.29 is 14.3 Å². The van der Waals surface area contributed by atoms with E-state index in [0.717, 1.165) is 6.42 Å². The van der Waals surface area contributed by atoms with Crippen LogP contribution >= 0.6 is 0 Å². The zero-order valence-corrected chi connectivity index (χ0v) is 28.7. The average Bonchev–Trinajstić information content (AvgIpc) is 3.10. The first kappa shape index (κ1) is 31.5. The van der Waals surface area contributed by atoms with Crippen molar-refractivity contribution in [1.29, 1.82) is 0 Å². The first-order valence-electron chi connectivity index (χ1n) is 16.4. The molecule has 2 saturated carbocycles. The molecule has 4 rings (SSSR count). The van der Waals surface area contributed by atoms with Crippen LogP contribution in [0, 0.1) is 39.4 Å². The standard InChI is InChI=1S/C35H62O3Si/c1-23(2)39(11,12)38-30-19-20-33(8)26-18-22-34(9)25(24(3)13-16-29(36)32(6,7)37)17-21-35(34,10)27(26)14-15-28(33)31(30,4)5/h23-25,28,30,37H,13-22H2,1-12H3/t24?,25?,28-,30-,33+,34+,35-/m0/s1. The molecule has 0 aromatic carbocycles. The van der Waals surface area contributed by atoms with Crippen LogP contribution in [-0.2, 0) is 9.22 Å². The van der Waals surface area contributed by atoms with Crippen molar-refractivity contribution in [3.8, 4) is 0 Å². The second-order valence-corrected chi connectivity index (χ2v) is 21.7. The lowest BCUT2D eigenvalue weighted by Crippen LogP contribution is -2.57. The predicted octanol–water partition coefficient (Wildman–Crippen LogP) is 9.49. The fourth-order valence-electron chi connectivity index (χ4n) is 10.2. The Morgan fingerprint density at radius 3 is 2.21 bits per heavy atom. The van der Waals surface area contributed by atoms with Gasteiger partial charge in [-0.05, 0) is 130 Å². The van der Waals surface area contributed by atoms with Crippen molar-refractivity contribution in [1.82, 2.24) is 0 Å². The molecule has 0 spiro atoms. The summed E-state index contributed by atoms with van der Waals surface area (Å²) in [6, 6.07) is 0. The van der Waals surface area contributed by atoms with Crippen molar-refractivity contribution in [3.63, 3.8) is 0 Å². The molecule has 0 bridgehead atoms. The lowest BCUT2D eigenvalue weighted by atomic mass is 9.43. The monoisotopic (exact) mass is 558 g/mol. The minimum Gasteiger partial charge on any atom is -0.414 e. The highest BCUT2D eigenvalue weighted by Gasteiger charge is 2.63. The maximum atomic E-state index is 12.5. The number of carbonyl (C=O) groups excluding carboxylic acids is 1. The van der Waals surface area contributed by atoms with E-state index in [2.05, 4.69) is 68.5 Å². The van der Waals surface area contributed by atoms with Gasteiger partial charge in [-0.2, -0.15) is 0 Å². The predicted molar refractivity (Wildman–Crippen MR) is 166 cm³/mol. The summed E-state index contributed by atoms with van der Waals surface area (Å²) < 4.78 is 7.08. The molecule has 4 heteroatoms. The highest BCUT2D eigenvalue weighted by Crippen LogP contribution is 2.72. The van der Waals surface area contributed by atoms with E-state index in [-0.39, 0.29) is 16.6 Å². The number of rotatable bonds is 8. The quantitative estimate of drug-likeness (QED) is 0.238. The van der Waals surface area contributed by atoms with Crippen LogP contribution in [0.4, 0.5) is 0 Å². The fraction of sp³-hybridized carbons (Fsp3) is 0.914. The molecule has 0 aliphatic heterocycles. The first-order valence-corrected chi connectivity index (χ1v) is 19.4. The summed E-state index contributed by atoms with van der Waals surface area (Å²) >= 11 is 0. The van der Waals surface area contributed by atoms with Crippen LogP contribution in [-0.4, -0.2) is 30.9 Å². The molecule has 4 aliphatic rings. The van der Waals surface area contributed by atoms with Gasteiger partial charge >= 0.3 is 0 Å². The van der Waals surface area contributed by atoms with Gasteiger partial charge in [-0.1, -0.05) is 66.5 Å². The van der Waals surface area contributed by atoms with Gasteiger partial charge in [0.25, 0.3) is 0 Å². The molecule has 0 heterocycles. The summed E-state index contributed by atoms with van der Waals surface area (Å²) in [7, 11) is -1.70. The molecule has 0 aromatic rings. The van der Waals surface area contributed by atoms with Gasteiger partial charge in [0.2, 0.25) is 0 Å². The molecule has 2 fully saturated rings. The van der Waals surface area contributed by atoms with Crippen molar-refractivity contribution in [2.75, 3.05) is 0 Å². The highest BCUT2D eigenvalue weighted by molar-refractivity contribution is 6.72. The zero-order chi connectivity index (χ0) is 29.4. The normalized spacial score (nSPS) is 39.3. The van der Waals surface area contributed by atoms with E-state index in [1.807, 2.05) is 11.1 Å². The van der Waals surface area contributed by atoms with Gasteiger partial charge in [-0.25, -0.2) is 0 Å². The average molecular weight is 559 g/mol. The molecular formula is C35H62O3Si. The minimum atomic E-state index is -1.70. The number of hydrogen-bond acceptors (Lipinski definition) is 3. The van der Waals surface area contributed by atoms with Gasteiger partial charge in [0.15, 0.2) is 14.1 Å². The van der Waals surface area contributed by atoms with Crippen LogP contribution in [0.1, 0.15) is 133 Å². The largest absolute Gasteiger partial charge is 0.414 e. The van der Waals surface area contributed by atoms with Gasteiger partial charge in [-0.15, -0.1) is 0 Å². The Morgan fingerprint density at radius 1 is 0.974 bits per heavy atom. The second kappa shape index (κ2) is 10.1. The number of carbonyl (C=O) groups is 1. The molecule has 3 nitrogen and oxygen atoms in total. The third kappa shape index (κ3) is 4.99. The Balaban J connectivity index is 1.58. The number of fused-ring (bicyclic) bond motifs is 4. The minimum absolute atomic E-state index is 0.0122. The summed E-state index contributed by atoms with van der Waals surface area (Å²) in [5.41, 5.74) is 4.19. The third-order valence-electron chi connectivity index (χ3n) is 13.8. The lowest BCUT2D eigenvalue weighted by Gasteiger charge is -2.63. The number of hydrogen-bond donors (Lipinski definition) is 1. The van der Waals surface area contributed by atoms with E-state index in [4.69, 9.17) is 4.43 Å². The molecule has 2 unspecified atom stereocenters. The Kier molecular flexibility index (Phi) is 8.13. The summed E-state index contributed by atoms with van der Waals surface area (Å²) in [5.74, 6) is 1.84. The van der Waals surface area contributed by atoms with E-state index in [9.17, 15) is 9.90 Å². The molecule has 0 saturated heterocycles. The van der Waals surface area contributed by atoms with E-state index in [1.165, 1.54) is 51.4 Å². The highest BCUT2D eigenvalue weighted by atomic mass is 28.4. The SMILES string of the molecule is CC(CCC(=O)C(C)(C)O)C1CC[C@@]2(C)C3=C(CC[C@]12C)[C@@]1(C)CC[C@H](O[Si](C)(C)C(C)C)C(C)(C)[C@@H]1CC3. The molecule has 0 aromatic heterocycles. The summed E-state index contributed by atoms with van der Waals surface area (Å²) in [5, 5.41) is 10.2. The molecule has 224 valence electrons. The molecule has 0 amide bonds. The second-order valence-electron chi connectivity index (χ2n) is 17.1.